The SMILES string of the molecule is CC(CCC(=O)OC[C@H]1O[C@H](C#Cc2ccccc2)C=C[C@@H]1Oc1ccc(C)cc1)=NOC[C@@H](C)[C@H](OCc1ccccc1)C(C)C. The number of ether oxygens (including phenoxy) is 4. The van der Waals surface area contributed by atoms with Crippen molar-refractivity contribution >= 4 is 11.7 Å². The van der Waals surface area contributed by atoms with Crippen molar-refractivity contribution < 1.29 is 28.6 Å². The quantitative estimate of drug-likeness (QED) is 0.0559. The Morgan fingerprint density at radius 3 is 2.32 bits per heavy atom. The van der Waals surface area contributed by atoms with Gasteiger partial charge in [0.25, 0.3) is 0 Å². The number of rotatable bonds is 15. The fraction of sp³-hybridized carbons (Fsp3) is 0.400. The third kappa shape index (κ3) is 12.4. The normalized spacial score (nSPS) is 18.9. The summed E-state index contributed by atoms with van der Waals surface area (Å²) >= 11 is 0. The number of carbonyl (C=O) groups is 1. The van der Waals surface area contributed by atoms with Crippen LogP contribution in [0.25, 0.3) is 0 Å². The standard InChI is InChI=1S/C40H47NO6/c1-29(2)40(44-27-34-14-10-7-11-15-34)31(4)26-45-41-32(5)18-25-39(42)43-28-38-37(46-35-20-16-30(3)17-21-35)24-23-36(47-38)22-19-33-12-8-6-9-13-33/h6-17,20-21,23-24,29,31,36-38,40H,18,25-28H2,1-5H3/t31-,36-,37+,38-,40-/m1/s1. The molecule has 0 aromatic heterocycles. The first-order valence-electron chi connectivity index (χ1n) is 16.4. The molecule has 5 atom stereocenters. The van der Waals surface area contributed by atoms with Crippen LogP contribution in [0.15, 0.2) is 102 Å². The first kappa shape index (κ1) is 35.5. The molecule has 0 unspecified atom stereocenters. The van der Waals surface area contributed by atoms with Gasteiger partial charge in [-0.2, -0.15) is 0 Å². The lowest BCUT2D eigenvalue weighted by Gasteiger charge is -2.30. The fourth-order valence-electron chi connectivity index (χ4n) is 5.14. The lowest BCUT2D eigenvalue weighted by molar-refractivity contribution is -0.151. The van der Waals surface area contributed by atoms with E-state index in [1.54, 1.807) is 0 Å². The molecule has 3 aromatic carbocycles. The second-order valence-corrected chi connectivity index (χ2v) is 12.3. The highest BCUT2D eigenvalue weighted by Gasteiger charge is 2.30. The summed E-state index contributed by atoms with van der Waals surface area (Å²) in [4.78, 5) is 18.4. The summed E-state index contributed by atoms with van der Waals surface area (Å²) in [5.41, 5.74) is 3.90. The Morgan fingerprint density at radius 2 is 1.62 bits per heavy atom. The molecule has 0 fully saturated rings. The Bertz CT molecular complexity index is 1490. The van der Waals surface area contributed by atoms with Crippen molar-refractivity contribution in [3.05, 3.63) is 114 Å². The highest BCUT2D eigenvalue weighted by molar-refractivity contribution is 5.85. The van der Waals surface area contributed by atoms with Crippen LogP contribution in [0.4, 0.5) is 0 Å². The van der Waals surface area contributed by atoms with Gasteiger partial charge in [-0.05, 0) is 68.2 Å². The topological polar surface area (TPSA) is 75.6 Å². The van der Waals surface area contributed by atoms with Crippen molar-refractivity contribution in [3.8, 4) is 17.6 Å². The minimum Gasteiger partial charge on any atom is -0.483 e. The van der Waals surface area contributed by atoms with Gasteiger partial charge >= 0.3 is 5.97 Å². The van der Waals surface area contributed by atoms with Gasteiger partial charge in [0, 0.05) is 11.5 Å². The minimum absolute atomic E-state index is 0.0280. The lowest BCUT2D eigenvalue weighted by atomic mass is 9.95. The van der Waals surface area contributed by atoms with Crippen LogP contribution in [-0.2, 0) is 30.4 Å². The third-order valence-corrected chi connectivity index (χ3v) is 7.75. The molecule has 1 aliphatic heterocycles. The Balaban J connectivity index is 1.25. The van der Waals surface area contributed by atoms with Crippen LogP contribution in [0.2, 0.25) is 0 Å². The average molecular weight is 638 g/mol. The van der Waals surface area contributed by atoms with E-state index in [0.717, 1.165) is 16.7 Å². The molecule has 47 heavy (non-hydrogen) atoms. The van der Waals surface area contributed by atoms with Crippen LogP contribution in [-0.4, -0.2) is 49.3 Å². The van der Waals surface area contributed by atoms with E-state index in [4.69, 9.17) is 23.8 Å². The molecule has 1 aliphatic rings. The average Bonchev–Trinajstić information content (AvgIpc) is 3.08. The Labute approximate surface area is 279 Å². The molecule has 0 saturated heterocycles. The highest BCUT2D eigenvalue weighted by Crippen LogP contribution is 2.22. The number of hydrogen-bond donors (Lipinski definition) is 0. The number of oxime groups is 1. The largest absolute Gasteiger partial charge is 0.483 e. The minimum atomic E-state index is -0.530. The summed E-state index contributed by atoms with van der Waals surface area (Å²) in [7, 11) is 0. The molecule has 4 rings (SSSR count). The number of benzene rings is 3. The molecule has 0 saturated carbocycles. The van der Waals surface area contributed by atoms with E-state index in [1.807, 2.05) is 98.8 Å². The number of esters is 1. The van der Waals surface area contributed by atoms with Crippen LogP contribution >= 0.6 is 0 Å². The Morgan fingerprint density at radius 1 is 0.915 bits per heavy atom. The van der Waals surface area contributed by atoms with Crippen molar-refractivity contribution in [3.63, 3.8) is 0 Å². The summed E-state index contributed by atoms with van der Waals surface area (Å²) in [6.45, 7) is 11.3. The summed E-state index contributed by atoms with van der Waals surface area (Å²) < 4.78 is 24.3. The van der Waals surface area contributed by atoms with Gasteiger partial charge < -0.3 is 23.8 Å². The Kier molecular flexibility index (Phi) is 14.1. The van der Waals surface area contributed by atoms with Gasteiger partial charge in [0.15, 0.2) is 0 Å². The van der Waals surface area contributed by atoms with Crippen molar-refractivity contribution in [2.45, 2.75) is 78.5 Å². The van der Waals surface area contributed by atoms with Crippen LogP contribution in [0.3, 0.4) is 0 Å². The van der Waals surface area contributed by atoms with Crippen molar-refractivity contribution in [2.75, 3.05) is 13.2 Å². The fourth-order valence-corrected chi connectivity index (χ4v) is 5.14. The van der Waals surface area contributed by atoms with Gasteiger partial charge in [0.1, 0.15) is 37.3 Å². The van der Waals surface area contributed by atoms with E-state index in [0.29, 0.717) is 37.0 Å². The van der Waals surface area contributed by atoms with Gasteiger partial charge in [0.2, 0.25) is 0 Å². The predicted octanol–water partition coefficient (Wildman–Crippen LogP) is 7.71. The second-order valence-electron chi connectivity index (χ2n) is 12.3. The molecular formula is C40H47NO6. The van der Waals surface area contributed by atoms with Gasteiger partial charge in [-0.1, -0.05) is 104 Å². The molecule has 0 bridgehead atoms. The van der Waals surface area contributed by atoms with Crippen LogP contribution in [0.1, 0.15) is 57.2 Å². The summed E-state index contributed by atoms with van der Waals surface area (Å²) in [5.74, 6) is 7.13. The van der Waals surface area contributed by atoms with Crippen LogP contribution in [0.5, 0.6) is 5.75 Å². The summed E-state index contributed by atoms with van der Waals surface area (Å²) in [6.07, 6.45) is 3.01. The lowest BCUT2D eigenvalue weighted by Crippen LogP contribution is -2.42. The molecule has 0 amide bonds. The zero-order valence-electron chi connectivity index (χ0n) is 28.1. The molecule has 0 spiro atoms. The molecule has 1 heterocycles. The molecule has 7 heteroatoms. The molecule has 0 radical (unpaired) electrons. The third-order valence-electron chi connectivity index (χ3n) is 7.75. The van der Waals surface area contributed by atoms with E-state index in [9.17, 15) is 4.79 Å². The molecule has 0 N–H and O–H groups in total. The summed E-state index contributed by atoms with van der Waals surface area (Å²) in [5, 5.41) is 4.25. The number of carbonyl (C=O) groups excluding carboxylic acids is 1. The molecule has 0 aliphatic carbocycles. The number of aryl methyl sites for hydroxylation is 1. The first-order chi connectivity index (χ1) is 22.8. The zero-order chi connectivity index (χ0) is 33.4. The monoisotopic (exact) mass is 637 g/mol. The van der Waals surface area contributed by atoms with Crippen LogP contribution < -0.4 is 4.74 Å². The molecule has 7 nitrogen and oxygen atoms in total. The van der Waals surface area contributed by atoms with Gasteiger partial charge in [-0.3, -0.25) is 4.79 Å². The predicted molar refractivity (Wildman–Crippen MR) is 185 cm³/mol. The molecule has 3 aromatic rings. The van der Waals surface area contributed by atoms with Gasteiger partial charge in [0.05, 0.1) is 24.8 Å². The van der Waals surface area contributed by atoms with E-state index in [1.165, 1.54) is 0 Å². The van der Waals surface area contributed by atoms with E-state index >= 15 is 0 Å². The summed E-state index contributed by atoms with van der Waals surface area (Å²) in [6, 6.07) is 27.7. The highest BCUT2D eigenvalue weighted by atomic mass is 16.6. The number of nitrogens with zero attached hydrogens (tertiary/aromatic N) is 1. The zero-order valence-corrected chi connectivity index (χ0v) is 28.1. The van der Waals surface area contributed by atoms with E-state index in [-0.39, 0.29) is 31.0 Å². The van der Waals surface area contributed by atoms with E-state index < -0.39 is 18.3 Å². The molecule has 248 valence electrons. The molecular weight excluding hydrogens is 590 g/mol. The number of hydrogen-bond acceptors (Lipinski definition) is 7. The maximum absolute atomic E-state index is 12.7. The van der Waals surface area contributed by atoms with Crippen molar-refractivity contribution in [1.82, 2.24) is 0 Å². The van der Waals surface area contributed by atoms with E-state index in [2.05, 4.69) is 49.9 Å². The smallest absolute Gasteiger partial charge is 0.306 e. The van der Waals surface area contributed by atoms with Crippen LogP contribution in [0, 0.1) is 30.6 Å². The van der Waals surface area contributed by atoms with Crippen molar-refractivity contribution in [2.24, 2.45) is 17.0 Å². The van der Waals surface area contributed by atoms with Gasteiger partial charge in [-0.15, -0.1) is 0 Å². The maximum atomic E-state index is 12.7. The second kappa shape index (κ2) is 18.7. The maximum Gasteiger partial charge on any atom is 0.306 e. The van der Waals surface area contributed by atoms with Gasteiger partial charge in [-0.25, -0.2) is 0 Å². The van der Waals surface area contributed by atoms with Crippen molar-refractivity contribution in [1.29, 1.82) is 0 Å². The Hall–Kier alpha value is -4.38. The first-order valence-corrected chi connectivity index (χ1v) is 16.4.